The summed E-state index contributed by atoms with van der Waals surface area (Å²) in [6.45, 7) is 6.32. The van der Waals surface area contributed by atoms with E-state index in [1.807, 2.05) is 19.9 Å². The molecule has 0 spiro atoms. The van der Waals surface area contributed by atoms with Gasteiger partial charge in [-0.1, -0.05) is 39.0 Å². The summed E-state index contributed by atoms with van der Waals surface area (Å²) in [5, 5.41) is 0. The molecule has 0 heterocycles. The molecule has 0 saturated carbocycles. The number of carbonyl (C=O) groups is 2. The van der Waals surface area contributed by atoms with Crippen molar-refractivity contribution in [2.24, 2.45) is 11.8 Å². The Morgan fingerprint density at radius 3 is 2.20 bits per heavy atom. The van der Waals surface area contributed by atoms with E-state index in [1.165, 1.54) is 0 Å². The summed E-state index contributed by atoms with van der Waals surface area (Å²) in [5.74, 6) is -0.301. The van der Waals surface area contributed by atoms with Crippen LogP contribution in [0.1, 0.15) is 37.6 Å². The number of hydrogen-bond acceptors (Lipinski definition) is 4. The second kappa shape index (κ2) is 8.35. The molecule has 0 saturated heterocycles. The Balaban J connectivity index is 2.46. The van der Waals surface area contributed by atoms with Crippen LogP contribution in [0.5, 0.6) is 0 Å². The van der Waals surface area contributed by atoms with Crippen molar-refractivity contribution < 1.29 is 19.1 Å². The molecular weight excluding hydrogens is 256 g/mol. The molecule has 20 heavy (non-hydrogen) atoms. The van der Waals surface area contributed by atoms with Crippen molar-refractivity contribution in [2.75, 3.05) is 13.2 Å². The molecule has 1 atom stereocenters. The molecule has 0 aliphatic carbocycles. The molecule has 4 heteroatoms. The van der Waals surface area contributed by atoms with Gasteiger partial charge in [-0.3, -0.25) is 4.79 Å². The van der Waals surface area contributed by atoms with Crippen molar-refractivity contribution in [3.05, 3.63) is 35.9 Å². The Kier molecular flexibility index (Phi) is 6.77. The molecule has 1 rings (SSSR count). The normalized spacial score (nSPS) is 12.0. The average Bonchev–Trinajstić information content (AvgIpc) is 2.47. The molecule has 0 fully saturated rings. The van der Waals surface area contributed by atoms with Crippen LogP contribution in [0.2, 0.25) is 0 Å². The number of ether oxygens (including phenoxy) is 2. The van der Waals surface area contributed by atoms with Crippen LogP contribution in [-0.2, 0) is 14.3 Å². The lowest BCUT2D eigenvalue weighted by Crippen LogP contribution is -2.25. The number of hydrogen-bond donors (Lipinski definition) is 0. The summed E-state index contributed by atoms with van der Waals surface area (Å²) in [7, 11) is 0. The highest BCUT2D eigenvalue weighted by Crippen LogP contribution is 2.13. The topological polar surface area (TPSA) is 52.6 Å². The van der Waals surface area contributed by atoms with Crippen LogP contribution in [0, 0.1) is 11.8 Å². The lowest BCUT2D eigenvalue weighted by Gasteiger charge is -2.20. The molecule has 0 amide bonds. The fraction of sp³-hybridized carbons (Fsp3) is 0.500. The van der Waals surface area contributed by atoms with Gasteiger partial charge < -0.3 is 9.47 Å². The maximum atomic E-state index is 11.8. The second-order valence-electron chi connectivity index (χ2n) is 5.01. The van der Waals surface area contributed by atoms with E-state index < -0.39 is 0 Å². The predicted molar refractivity (Wildman–Crippen MR) is 76.3 cm³/mol. The summed E-state index contributed by atoms with van der Waals surface area (Å²) in [6, 6.07) is 8.85. The summed E-state index contributed by atoms with van der Waals surface area (Å²) >= 11 is 0. The van der Waals surface area contributed by atoms with Crippen LogP contribution in [0.4, 0.5) is 0 Å². The molecule has 1 unspecified atom stereocenters. The van der Waals surface area contributed by atoms with Crippen molar-refractivity contribution in [1.82, 2.24) is 0 Å². The first kappa shape index (κ1) is 16.2. The fourth-order valence-corrected chi connectivity index (χ4v) is 1.58. The summed E-state index contributed by atoms with van der Waals surface area (Å²) in [4.78, 5) is 23.0. The highest BCUT2D eigenvalue weighted by Gasteiger charge is 2.18. The van der Waals surface area contributed by atoms with Gasteiger partial charge in [0.1, 0.15) is 0 Å². The molecule has 0 aliphatic heterocycles. The first-order valence-corrected chi connectivity index (χ1v) is 6.92. The number of esters is 2. The minimum atomic E-state index is -0.349. The molecular formula is C16H22O4. The summed E-state index contributed by atoms with van der Waals surface area (Å²) in [6.07, 6.45) is 0.356. The molecule has 0 aromatic heterocycles. The third kappa shape index (κ3) is 5.43. The van der Waals surface area contributed by atoms with Crippen LogP contribution in [-0.4, -0.2) is 25.2 Å². The van der Waals surface area contributed by atoms with E-state index in [1.54, 1.807) is 31.2 Å². The lowest BCUT2D eigenvalue weighted by molar-refractivity contribution is -0.145. The van der Waals surface area contributed by atoms with Gasteiger partial charge in [0.15, 0.2) is 0 Å². The quantitative estimate of drug-likeness (QED) is 0.719. The molecule has 0 radical (unpaired) electrons. The zero-order valence-corrected chi connectivity index (χ0v) is 12.3. The van der Waals surface area contributed by atoms with E-state index in [9.17, 15) is 9.59 Å². The summed E-state index contributed by atoms with van der Waals surface area (Å²) < 4.78 is 10.4. The molecule has 1 aromatic rings. The van der Waals surface area contributed by atoms with E-state index in [-0.39, 0.29) is 37.0 Å². The Bertz CT molecular complexity index is 425. The predicted octanol–water partition coefficient (Wildman–Crippen LogP) is 3.07. The fourth-order valence-electron chi connectivity index (χ4n) is 1.58. The molecule has 1 aromatic carbocycles. The highest BCUT2D eigenvalue weighted by molar-refractivity contribution is 5.89. The van der Waals surface area contributed by atoms with Gasteiger partial charge in [0.25, 0.3) is 0 Å². The Morgan fingerprint density at radius 2 is 1.65 bits per heavy atom. The molecule has 0 aliphatic rings. The standard InChI is InChI=1S/C16H22O4/c1-4-15(17)19-10-14(12(2)3)11-20-16(18)13-8-6-5-7-9-13/h5-9,12,14H,4,10-11H2,1-3H3. The highest BCUT2D eigenvalue weighted by atomic mass is 16.5. The molecule has 110 valence electrons. The maximum Gasteiger partial charge on any atom is 0.338 e. The van der Waals surface area contributed by atoms with Gasteiger partial charge in [-0.2, -0.15) is 0 Å². The van der Waals surface area contributed by atoms with E-state index in [4.69, 9.17) is 9.47 Å². The summed E-state index contributed by atoms with van der Waals surface area (Å²) in [5.41, 5.74) is 0.528. The van der Waals surface area contributed by atoms with Crippen molar-refractivity contribution >= 4 is 11.9 Å². The Morgan fingerprint density at radius 1 is 1.05 bits per heavy atom. The van der Waals surface area contributed by atoms with Gasteiger partial charge in [0.2, 0.25) is 0 Å². The van der Waals surface area contributed by atoms with Crippen molar-refractivity contribution in [2.45, 2.75) is 27.2 Å². The van der Waals surface area contributed by atoms with E-state index in [0.29, 0.717) is 12.0 Å². The number of benzene rings is 1. The van der Waals surface area contributed by atoms with Crippen molar-refractivity contribution in [1.29, 1.82) is 0 Å². The third-order valence-electron chi connectivity index (χ3n) is 3.13. The van der Waals surface area contributed by atoms with Crippen LogP contribution in [0.15, 0.2) is 30.3 Å². The number of carbonyl (C=O) groups excluding carboxylic acids is 2. The van der Waals surface area contributed by atoms with Crippen LogP contribution >= 0.6 is 0 Å². The van der Waals surface area contributed by atoms with Crippen LogP contribution in [0.25, 0.3) is 0 Å². The van der Waals surface area contributed by atoms with E-state index in [0.717, 1.165) is 0 Å². The molecule has 4 nitrogen and oxygen atoms in total. The van der Waals surface area contributed by atoms with Gasteiger partial charge in [0.05, 0.1) is 18.8 Å². The van der Waals surface area contributed by atoms with Crippen molar-refractivity contribution in [3.8, 4) is 0 Å². The smallest absolute Gasteiger partial charge is 0.338 e. The third-order valence-corrected chi connectivity index (χ3v) is 3.13. The van der Waals surface area contributed by atoms with Gasteiger partial charge in [0, 0.05) is 12.3 Å². The lowest BCUT2D eigenvalue weighted by atomic mass is 9.98. The SMILES string of the molecule is CCC(=O)OCC(COC(=O)c1ccccc1)C(C)C. The molecule has 0 bridgehead atoms. The second-order valence-corrected chi connectivity index (χ2v) is 5.01. The maximum absolute atomic E-state index is 11.8. The first-order chi connectivity index (χ1) is 9.54. The molecule has 0 N–H and O–H groups in total. The van der Waals surface area contributed by atoms with Crippen LogP contribution in [0.3, 0.4) is 0 Å². The zero-order chi connectivity index (χ0) is 15.0. The average molecular weight is 278 g/mol. The Hall–Kier alpha value is -1.84. The van der Waals surface area contributed by atoms with E-state index in [2.05, 4.69) is 0 Å². The van der Waals surface area contributed by atoms with Crippen molar-refractivity contribution in [3.63, 3.8) is 0 Å². The van der Waals surface area contributed by atoms with E-state index >= 15 is 0 Å². The van der Waals surface area contributed by atoms with Crippen LogP contribution < -0.4 is 0 Å². The minimum absolute atomic E-state index is 0.0122. The van der Waals surface area contributed by atoms with Gasteiger partial charge >= 0.3 is 11.9 Å². The Labute approximate surface area is 120 Å². The first-order valence-electron chi connectivity index (χ1n) is 6.92. The minimum Gasteiger partial charge on any atom is -0.465 e. The zero-order valence-electron chi connectivity index (χ0n) is 12.3. The number of rotatable bonds is 7. The van der Waals surface area contributed by atoms with Gasteiger partial charge in [-0.25, -0.2) is 4.79 Å². The van der Waals surface area contributed by atoms with Gasteiger partial charge in [-0.15, -0.1) is 0 Å². The van der Waals surface area contributed by atoms with Gasteiger partial charge in [-0.05, 0) is 18.1 Å². The largest absolute Gasteiger partial charge is 0.465 e. The monoisotopic (exact) mass is 278 g/mol.